The van der Waals surface area contributed by atoms with E-state index in [1.165, 1.54) is 0 Å². The molecular weight excluding hydrogens is 184 g/mol. The Morgan fingerprint density at radius 3 is 2.46 bits per heavy atom. The number of hydrogen-bond acceptors (Lipinski definition) is 2. The molecular formula is C10H15ClN2. The van der Waals surface area contributed by atoms with Crippen LogP contribution in [0.25, 0.3) is 0 Å². The lowest BCUT2D eigenvalue weighted by Gasteiger charge is -2.35. The summed E-state index contributed by atoms with van der Waals surface area (Å²) in [5, 5.41) is 0. The van der Waals surface area contributed by atoms with Crippen LogP contribution in [0.4, 0.5) is 0 Å². The zero-order chi connectivity index (χ0) is 9.10. The van der Waals surface area contributed by atoms with Crippen molar-refractivity contribution < 1.29 is 0 Å². The molecule has 1 aliphatic heterocycles. The van der Waals surface area contributed by atoms with Gasteiger partial charge in [-0.1, -0.05) is 24.3 Å². The van der Waals surface area contributed by atoms with Gasteiger partial charge in [0.05, 0.1) is 0 Å². The highest BCUT2D eigenvalue weighted by atomic mass is 35.5. The Morgan fingerprint density at radius 1 is 1.08 bits per heavy atom. The first-order valence-electron chi connectivity index (χ1n) is 4.84. The van der Waals surface area contributed by atoms with E-state index < -0.39 is 0 Å². The summed E-state index contributed by atoms with van der Waals surface area (Å²) in [5.74, 6) is 0. The quantitative estimate of drug-likeness (QED) is 0.592. The van der Waals surface area contributed by atoms with Gasteiger partial charge in [-0.2, -0.15) is 0 Å². The topological polar surface area (TPSA) is 6.48 Å². The molecule has 0 radical (unpaired) electrons. The molecule has 72 valence electrons. The molecule has 0 N–H and O–H groups in total. The van der Waals surface area contributed by atoms with Crippen molar-refractivity contribution in [1.29, 1.82) is 0 Å². The zero-order valence-corrected chi connectivity index (χ0v) is 8.45. The van der Waals surface area contributed by atoms with Gasteiger partial charge in [0, 0.05) is 32.2 Å². The van der Waals surface area contributed by atoms with Crippen LogP contribution in [0.2, 0.25) is 0 Å². The maximum absolute atomic E-state index is 5.90. The van der Waals surface area contributed by atoms with Crippen molar-refractivity contribution in [2.75, 3.05) is 26.2 Å². The highest BCUT2D eigenvalue weighted by molar-refractivity contribution is 6.13. The molecule has 3 heteroatoms. The Kier molecular flexibility index (Phi) is 3.04. The average Bonchev–Trinajstić information content (AvgIpc) is 2.20. The number of piperazine rings is 1. The van der Waals surface area contributed by atoms with E-state index in [9.17, 15) is 0 Å². The largest absolute Gasteiger partial charge is 0.294 e. The number of halogens is 1. The van der Waals surface area contributed by atoms with Gasteiger partial charge in [0.1, 0.15) is 0 Å². The van der Waals surface area contributed by atoms with Crippen LogP contribution in [0.3, 0.4) is 0 Å². The first-order chi connectivity index (χ1) is 6.36. The Hall–Kier alpha value is -0.310. The third kappa shape index (κ3) is 2.33. The van der Waals surface area contributed by atoms with Crippen molar-refractivity contribution in [3.63, 3.8) is 0 Å². The van der Waals surface area contributed by atoms with Crippen LogP contribution in [0.5, 0.6) is 0 Å². The monoisotopic (exact) mass is 198 g/mol. The third-order valence-corrected chi connectivity index (χ3v) is 3.02. The first-order valence-corrected chi connectivity index (χ1v) is 5.18. The van der Waals surface area contributed by atoms with E-state index in [1.807, 2.05) is 4.42 Å². The Morgan fingerprint density at radius 2 is 1.85 bits per heavy atom. The summed E-state index contributed by atoms with van der Waals surface area (Å²) in [6.45, 7) is 4.14. The van der Waals surface area contributed by atoms with Crippen molar-refractivity contribution in [2.24, 2.45) is 0 Å². The number of rotatable bonds is 1. The van der Waals surface area contributed by atoms with Crippen molar-refractivity contribution in [2.45, 2.75) is 12.5 Å². The number of allylic oxidation sites excluding steroid dienone is 2. The fourth-order valence-corrected chi connectivity index (χ4v) is 2.02. The normalized spacial score (nSPS) is 31.0. The lowest BCUT2D eigenvalue weighted by molar-refractivity contribution is 0.161. The molecule has 1 heterocycles. The van der Waals surface area contributed by atoms with Gasteiger partial charge in [0.25, 0.3) is 0 Å². The van der Waals surface area contributed by atoms with E-state index in [1.54, 1.807) is 0 Å². The predicted molar refractivity (Wildman–Crippen MR) is 55.7 cm³/mol. The van der Waals surface area contributed by atoms with Crippen molar-refractivity contribution in [3.8, 4) is 0 Å². The average molecular weight is 199 g/mol. The minimum absolute atomic E-state index is 0.607. The molecule has 0 aromatic heterocycles. The molecule has 2 aliphatic rings. The van der Waals surface area contributed by atoms with Crippen LogP contribution in [-0.2, 0) is 0 Å². The van der Waals surface area contributed by atoms with Crippen molar-refractivity contribution >= 4 is 11.8 Å². The van der Waals surface area contributed by atoms with Gasteiger partial charge < -0.3 is 0 Å². The SMILES string of the molecule is ClN1CCN([C@H]2C=CC=CC2)CC1. The molecule has 1 fully saturated rings. The van der Waals surface area contributed by atoms with Crippen LogP contribution in [-0.4, -0.2) is 41.5 Å². The summed E-state index contributed by atoms with van der Waals surface area (Å²) < 4.78 is 1.87. The molecule has 0 spiro atoms. The van der Waals surface area contributed by atoms with Gasteiger partial charge in [-0.3, -0.25) is 4.90 Å². The summed E-state index contributed by atoms with van der Waals surface area (Å²) in [7, 11) is 0. The van der Waals surface area contributed by atoms with Gasteiger partial charge >= 0.3 is 0 Å². The molecule has 0 aromatic rings. The molecule has 0 unspecified atom stereocenters. The minimum Gasteiger partial charge on any atom is -0.294 e. The number of nitrogens with zero attached hydrogens (tertiary/aromatic N) is 2. The highest BCUT2D eigenvalue weighted by Crippen LogP contribution is 2.14. The van der Waals surface area contributed by atoms with Crippen LogP contribution >= 0.6 is 11.8 Å². The van der Waals surface area contributed by atoms with E-state index in [-0.39, 0.29) is 0 Å². The standard InChI is InChI=1S/C10H15ClN2/c11-13-8-6-12(7-9-13)10-4-2-1-3-5-10/h1-4,10H,5-9H2/t10-/m0/s1. The minimum atomic E-state index is 0.607. The second-order valence-electron chi connectivity index (χ2n) is 3.56. The van der Waals surface area contributed by atoms with Crippen LogP contribution in [0, 0.1) is 0 Å². The van der Waals surface area contributed by atoms with Gasteiger partial charge in [0.2, 0.25) is 0 Å². The zero-order valence-electron chi connectivity index (χ0n) is 7.69. The van der Waals surface area contributed by atoms with Gasteiger partial charge in [-0.05, 0) is 18.2 Å². The summed E-state index contributed by atoms with van der Waals surface area (Å²) in [4.78, 5) is 2.50. The van der Waals surface area contributed by atoms with E-state index in [0.717, 1.165) is 32.6 Å². The molecule has 0 saturated carbocycles. The van der Waals surface area contributed by atoms with Gasteiger partial charge in [-0.15, -0.1) is 0 Å². The lowest BCUT2D eigenvalue weighted by Crippen LogP contribution is -2.47. The van der Waals surface area contributed by atoms with Gasteiger partial charge in [-0.25, -0.2) is 4.42 Å². The highest BCUT2D eigenvalue weighted by Gasteiger charge is 2.20. The van der Waals surface area contributed by atoms with Crippen LogP contribution < -0.4 is 0 Å². The van der Waals surface area contributed by atoms with E-state index in [2.05, 4.69) is 29.2 Å². The van der Waals surface area contributed by atoms with E-state index in [0.29, 0.717) is 6.04 Å². The van der Waals surface area contributed by atoms with Crippen molar-refractivity contribution in [1.82, 2.24) is 9.32 Å². The second-order valence-corrected chi connectivity index (χ2v) is 4.04. The van der Waals surface area contributed by atoms with E-state index >= 15 is 0 Å². The van der Waals surface area contributed by atoms with Crippen LogP contribution in [0.1, 0.15) is 6.42 Å². The fourth-order valence-electron chi connectivity index (χ4n) is 1.87. The molecule has 0 bridgehead atoms. The maximum atomic E-state index is 5.90. The molecule has 1 saturated heterocycles. The molecule has 2 nitrogen and oxygen atoms in total. The molecule has 13 heavy (non-hydrogen) atoms. The smallest absolute Gasteiger partial charge is 0.0316 e. The van der Waals surface area contributed by atoms with E-state index in [4.69, 9.17) is 11.8 Å². The summed E-state index contributed by atoms with van der Waals surface area (Å²) in [5.41, 5.74) is 0. The Bertz CT molecular complexity index is 217. The fraction of sp³-hybridized carbons (Fsp3) is 0.600. The molecule has 2 rings (SSSR count). The summed E-state index contributed by atoms with van der Waals surface area (Å²) in [6, 6.07) is 0.607. The molecule has 1 atom stereocenters. The molecule has 1 aliphatic carbocycles. The molecule has 0 aromatic carbocycles. The van der Waals surface area contributed by atoms with Crippen LogP contribution in [0.15, 0.2) is 24.3 Å². The lowest BCUT2D eigenvalue weighted by atomic mass is 10.1. The van der Waals surface area contributed by atoms with Gasteiger partial charge in [0.15, 0.2) is 0 Å². The summed E-state index contributed by atoms with van der Waals surface area (Å²) >= 11 is 5.90. The summed E-state index contributed by atoms with van der Waals surface area (Å²) in [6.07, 6.45) is 9.93. The molecule has 0 amide bonds. The third-order valence-electron chi connectivity index (χ3n) is 2.69. The number of hydrogen-bond donors (Lipinski definition) is 0. The maximum Gasteiger partial charge on any atom is 0.0316 e. The van der Waals surface area contributed by atoms with Crippen molar-refractivity contribution in [3.05, 3.63) is 24.3 Å². The Balaban J connectivity index is 1.87. The Labute approximate surface area is 84.6 Å². The predicted octanol–water partition coefficient (Wildman–Crippen LogP) is 1.64. The first kappa shape index (κ1) is 9.25. The second kappa shape index (κ2) is 4.27.